The van der Waals surface area contributed by atoms with E-state index in [1.54, 1.807) is 0 Å². The van der Waals surface area contributed by atoms with Gasteiger partial charge in [-0.05, 0) is 82.6 Å². The van der Waals surface area contributed by atoms with E-state index in [9.17, 15) is 0 Å². The largest absolute Gasteiger partial charge is 0.0683 e. The zero-order valence-corrected chi connectivity index (χ0v) is 20.3. The van der Waals surface area contributed by atoms with Crippen LogP contribution in [0.15, 0.2) is 60.7 Å². The summed E-state index contributed by atoms with van der Waals surface area (Å²) in [7, 11) is 0. The lowest BCUT2D eigenvalue weighted by Crippen LogP contribution is -2.17. The second-order valence-electron chi connectivity index (χ2n) is 9.27. The van der Waals surface area contributed by atoms with Gasteiger partial charge in [0.05, 0.1) is 0 Å². The molecule has 0 atom stereocenters. The summed E-state index contributed by atoms with van der Waals surface area (Å²) in [6.45, 7) is 17.8. The molecule has 0 spiro atoms. The second-order valence-corrected chi connectivity index (χ2v) is 9.27. The minimum Gasteiger partial charge on any atom is -0.0683 e. The molecule has 31 heavy (non-hydrogen) atoms. The SMILES string of the molecule is CC.CC1=C(c2c3ccc(C)cc3c(C)c3ccc(C)cc23)C(C)(C)c2ccccc21. The molecule has 4 aromatic carbocycles. The predicted molar refractivity (Wildman–Crippen MR) is 139 cm³/mol. The first-order chi connectivity index (χ1) is 14.8. The van der Waals surface area contributed by atoms with Crippen molar-refractivity contribution in [3.63, 3.8) is 0 Å². The predicted octanol–water partition coefficient (Wildman–Crippen LogP) is 9.17. The molecule has 0 saturated carbocycles. The van der Waals surface area contributed by atoms with Crippen molar-refractivity contribution in [1.29, 1.82) is 0 Å². The summed E-state index contributed by atoms with van der Waals surface area (Å²) < 4.78 is 0. The number of hydrogen-bond acceptors (Lipinski definition) is 0. The van der Waals surface area contributed by atoms with Crippen LogP contribution in [0, 0.1) is 20.8 Å². The number of hydrogen-bond donors (Lipinski definition) is 0. The van der Waals surface area contributed by atoms with Crippen LogP contribution >= 0.6 is 0 Å². The first-order valence-corrected chi connectivity index (χ1v) is 11.6. The van der Waals surface area contributed by atoms with Crippen LogP contribution < -0.4 is 0 Å². The van der Waals surface area contributed by atoms with Crippen LogP contribution in [0.1, 0.15) is 68.0 Å². The van der Waals surface area contributed by atoms with Crippen LogP contribution in [0.4, 0.5) is 0 Å². The van der Waals surface area contributed by atoms with E-state index in [1.807, 2.05) is 13.8 Å². The van der Waals surface area contributed by atoms with Crippen molar-refractivity contribution in [1.82, 2.24) is 0 Å². The normalized spacial score (nSPS) is 14.6. The molecule has 0 saturated heterocycles. The minimum atomic E-state index is -0.0234. The molecule has 0 heterocycles. The Bertz CT molecular complexity index is 1350. The van der Waals surface area contributed by atoms with Crippen molar-refractivity contribution in [3.05, 3.63) is 94.0 Å². The number of benzene rings is 4. The average Bonchev–Trinajstić information content (AvgIpc) is 2.96. The Kier molecular flexibility index (Phi) is 5.30. The van der Waals surface area contributed by atoms with Crippen molar-refractivity contribution in [3.8, 4) is 0 Å². The van der Waals surface area contributed by atoms with Crippen LogP contribution in [-0.4, -0.2) is 0 Å². The van der Waals surface area contributed by atoms with Crippen molar-refractivity contribution in [2.24, 2.45) is 0 Å². The zero-order chi connectivity index (χ0) is 22.5. The topological polar surface area (TPSA) is 0 Å². The van der Waals surface area contributed by atoms with E-state index >= 15 is 0 Å². The molecule has 5 rings (SSSR count). The standard InChI is InChI=1S/C29H28.C2H6/c1-17-12-14-23-24(15-17)19(3)21-13-11-18(2)16-25(21)27(23)28-20(4)22-9-7-8-10-26(22)29(28,5)6;1-2/h7-16H,1-6H3;1-2H3. The Labute approximate surface area is 187 Å². The lowest BCUT2D eigenvalue weighted by molar-refractivity contribution is 0.705. The van der Waals surface area contributed by atoms with E-state index in [1.165, 1.54) is 66.1 Å². The summed E-state index contributed by atoms with van der Waals surface area (Å²) in [5, 5.41) is 5.51. The Morgan fingerprint density at radius 1 is 0.613 bits per heavy atom. The molecule has 1 aliphatic rings. The molecular weight excluding hydrogens is 372 g/mol. The van der Waals surface area contributed by atoms with E-state index < -0.39 is 0 Å². The molecule has 0 aliphatic heterocycles. The summed E-state index contributed by atoms with van der Waals surface area (Å²) in [5.74, 6) is 0. The molecule has 0 heteroatoms. The maximum atomic E-state index is 2.39. The van der Waals surface area contributed by atoms with Crippen molar-refractivity contribution in [2.45, 2.75) is 60.8 Å². The Balaban J connectivity index is 0.00000112. The van der Waals surface area contributed by atoms with E-state index in [0.29, 0.717) is 0 Å². The maximum Gasteiger partial charge on any atom is 0.0161 e. The smallest absolute Gasteiger partial charge is 0.0161 e. The highest BCUT2D eigenvalue weighted by molar-refractivity contribution is 6.17. The molecular formula is C31H34. The molecule has 158 valence electrons. The van der Waals surface area contributed by atoms with Crippen LogP contribution in [-0.2, 0) is 5.41 Å². The third kappa shape index (κ3) is 3.12. The third-order valence-electron chi connectivity index (χ3n) is 6.95. The first-order valence-electron chi connectivity index (χ1n) is 11.6. The third-order valence-corrected chi connectivity index (χ3v) is 6.95. The average molecular weight is 407 g/mol. The van der Waals surface area contributed by atoms with Gasteiger partial charge in [0.2, 0.25) is 0 Å². The van der Waals surface area contributed by atoms with Gasteiger partial charge >= 0.3 is 0 Å². The lowest BCUT2D eigenvalue weighted by atomic mass is 9.75. The van der Waals surface area contributed by atoms with Crippen LogP contribution in [0.2, 0.25) is 0 Å². The highest BCUT2D eigenvalue weighted by Gasteiger charge is 2.38. The van der Waals surface area contributed by atoms with Crippen LogP contribution in [0.3, 0.4) is 0 Å². The Hall–Kier alpha value is -2.86. The van der Waals surface area contributed by atoms with Gasteiger partial charge in [-0.2, -0.15) is 0 Å². The van der Waals surface area contributed by atoms with Crippen molar-refractivity contribution < 1.29 is 0 Å². The van der Waals surface area contributed by atoms with E-state index in [0.717, 1.165) is 0 Å². The summed E-state index contributed by atoms with van der Waals surface area (Å²) in [6.07, 6.45) is 0. The summed E-state index contributed by atoms with van der Waals surface area (Å²) in [4.78, 5) is 0. The zero-order valence-electron chi connectivity index (χ0n) is 20.3. The van der Waals surface area contributed by atoms with Gasteiger partial charge in [0, 0.05) is 5.41 Å². The fraction of sp³-hybridized carbons (Fsp3) is 0.290. The molecule has 1 aliphatic carbocycles. The molecule has 0 unspecified atom stereocenters. The second kappa shape index (κ2) is 7.68. The quantitative estimate of drug-likeness (QED) is 0.276. The highest BCUT2D eigenvalue weighted by Crippen LogP contribution is 2.53. The number of aryl methyl sites for hydroxylation is 3. The summed E-state index contributed by atoms with van der Waals surface area (Å²) in [5.41, 5.74) is 11.1. The summed E-state index contributed by atoms with van der Waals surface area (Å²) >= 11 is 0. The van der Waals surface area contributed by atoms with Crippen molar-refractivity contribution in [2.75, 3.05) is 0 Å². The molecule has 0 nitrogen and oxygen atoms in total. The van der Waals surface area contributed by atoms with Gasteiger partial charge in [-0.1, -0.05) is 99.5 Å². The minimum absolute atomic E-state index is 0.0234. The number of allylic oxidation sites excluding steroid dienone is 2. The molecule has 4 aromatic rings. The van der Waals surface area contributed by atoms with Gasteiger partial charge in [-0.15, -0.1) is 0 Å². The van der Waals surface area contributed by atoms with Gasteiger partial charge in [0.1, 0.15) is 0 Å². The van der Waals surface area contributed by atoms with Crippen LogP contribution in [0.25, 0.3) is 32.7 Å². The van der Waals surface area contributed by atoms with E-state index in [2.05, 4.69) is 102 Å². The molecule has 0 amide bonds. The molecule has 0 fully saturated rings. The fourth-order valence-corrected chi connectivity index (χ4v) is 5.53. The number of rotatable bonds is 1. The Morgan fingerprint density at radius 2 is 1.19 bits per heavy atom. The van der Waals surface area contributed by atoms with Gasteiger partial charge in [0.25, 0.3) is 0 Å². The monoisotopic (exact) mass is 406 g/mol. The lowest BCUT2D eigenvalue weighted by Gasteiger charge is -2.28. The highest BCUT2D eigenvalue weighted by atomic mass is 14.4. The van der Waals surface area contributed by atoms with Gasteiger partial charge < -0.3 is 0 Å². The first kappa shape index (κ1) is 21.4. The van der Waals surface area contributed by atoms with E-state index in [4.69, 9.17) is 0 Å². The molecule has 0 N–H and O–H groups in total. The maximum absolute atomic E-state index is 2.39. The van der Waals surface area contributed by atoms with Crippen molar-refractivity contribution >= 4 is 32.7 Å². The molecule has 0 aromatic heterocycles. The number of fused-ring (bicyclic) bond motifs is 3. The summed E-state index contributed by atoms with van der Waals surface area (Å²) in [6, 6.07) is 22.8. The molecule has 0 bridgehead atoms. The van der Waals surface area contributed by atoms with Crippen LogP contribution in [0.5, 0.6) is 0 Å². The molecule has 0 radical (unpaired) electrons. The Morgan fingerprint density at radius 3 is 1.84 bits per heavy atom. The fourth-order valence-electron chi connectivity index (χ4n) is 5.53. The van der Waals surface area contributed by atoms with Gasteiger partial charge in [-0.3, -0.25) is 0 Å². The van der Waals surface area contributed by atoms with E-state index in [-0.39, 0.29) is 5.41 Å². The van der Waals surface area contributed by atoms with Gasteiger partial charge in [0.15, 0.2) is 0 Å². The van der Waals surface area contributed by atoms with Gasteiger partial charge in [-0.25, -0.2) is 0 Å².